The van der Waals surface area contributed by atoms with E-state index in [1.807, 2.05) is 12.1 Å². The van der Waals surface area contributed by atoms with E-state index < -0.39 is 5.97 Å². The van der Waals surface area contributed by atoms with Gasteiger partial charge in [0.2, 0.25) is 0 Å². The molecule has 2 rings (SSSR count). The Bertz CT molecular complexity index is 596. The van der Waals surface area contributed by atoms with Gasteiger partial charge in [0.05, 0.1) is 11.3 Å². The first kappa shape index (κ1) is 13.8. The molecule has 98 valence electrons. The van der Waals surface area contributed by atoms with Gasteiger partial charge in [-0.2, -0.15) is 0 Å². The summed E-state index contributed by atoms with van der Waals surface area (Å²) in [7, 11) is 0. The third-order valence-electron chi connectivity index (χ3n) is 2.42. The normalized spacial score (nSPS) is 10.4. The summed E-state index contributed by atoms with van der Waals surface area (Å²) < 4.78 is 0. The van der Waals surface area contributed by atoms with Crippen LogP contribution in [0.1, 0.15) is 5.56 Å². The lowest BCUT2D eigenvalue weighted by atomic mass is 10.1. The summed E-state index contributed by atoms with van der Waals surface area (Å²) in [5, 5.41) is 19.2. The predicted molar refractivity (Wildman–Crippen MR) is 75.0 cm³/mol. The minimum atomic E-state index is -0.919. The molecule has 0 aliphatic rings. The van der Waals surface area contributed by atoms with Gasteiger partial charge in [-0.1, -0.05) is 29.4 Å². The summed E-state index contributed by atoms with van der Waals surface area (Å²) in [4.78, 5) is 12.2. The van der Waals surface area contributed by atoms with Crippen molar-refractivity contribution < 1.29 is 15.0 Å². The van der Waals surface area contributed by atoms with Gasteiger partial charge in [-0.15, -0.1) is 0 Å². The molecule has 0 heterocycles. The molecule has 0 aliphatic carbocycles. The second kappa shape index (κ2) is 5.99. The second-order valence-corrected chi connectivity index (χ2v) is 5.48. The number of aromatic hydroxyl groups is 1. The molecule has 3 nitrogen and oxygen atoms in total. The fourth-order valence-electron chi connectivity index (χ4n) is 1.56. The van der Waals surface area contributed by atoms with E-state index in [-0.39, 0.29) is 12.2 Å². The number of carbonyl (C=O) groups is 1. The van der Waals surface area contributed by atoms with Crippen LogP contribution in [-0.4, -0.2) is 16.2 Å². The van der Waals surface area contributed by atoms with Crippen molar-refractivity contribution in [3.8, 4) is 5.75 Å². The number of benzene rings is 2. The van der Waals surface area contributed by atoms with Crippen LogP contribution in [0.4, 0.5) is 0 Å². The summed E-state index contributed by atoms with van der Waals surface area (Å²) >= 11 is 7.20. The molecule has 0 radical (unpaired) electrons. The zero-order chi connectivity index (χ0) is 13.8. The highest BCUT2D eigenvalue weighted by molar-refractivity contribution is 7.99. The lowest BCUT2D eigenvalue weighted by Gasteiger charge is -2.06. The quantitative estimate of drug-likeness (QED) is 0.900. The molecule has 0 amide bonds. The molecule has 0 aromatic heterocycles. The van der Waals surface area contributed by atoms with Gasteiger partial charge in [-0.25, -0.2) is 0 Å². The molecule has 0 unspecified atom stereocenters. The van der Waals surface area contributed by atoms with E-state index in [9.17, 15) is 9.90 Å². The summed E-state index contributed by atoms with van der Waals surface area (Å²) in [6, 6.07) is 12.2. The first-order chi connectivity index (χ1) is 9.04. The summed E-state index contributed by atoms with van der Waals surface area (Å²) in [5.74, 6) is -0.837. The minimum Gasteiger partial charge on any atom is -0.507 e. The van der Waals surface area contributed by atoms with Crippen LogP contribution in [-0.2, 0) is 11.2 Å². The van der Waals surface area contributed by atoms with Crippen LogP contribution in [0.2, 0.25) is 5.02 Å². The number of rotatable bonds is 4. The Morgan fingerprint density at radius 2 is 1.84 bits per heavy atom. The van der Waals surface area contributed by atoms with Crippen molar-refractivity contribution >= 4 is 29.3 Å². The maximum absolute atomic E-state index is 10.6. The van der Waals surface area contributed by atoms with Crippen LogP contribution in [0.3, 0.4) is 0 Å². The molecule has 5 heteroatoms. The van der Waals surface area contributed by atoms with Gasteiger partial charge in [0, 0.05) is 9.92 Å². The largest absolute Gasteiger partial charge is 0.507 e. The molecule has 2 aromatic carbocycles. The van der Waals surface area contributed by atoms with E-state index in [2.05, 4.69) is 0 Å². The standard InChI is InChI=1S/C14H11ClO3S/c15-10-2-4-11(5-3-10)19-13-6-1-9(7-12(13)16)8-14(17)18/h1-7,16H,8H2,(H,17,18). The Hall–Kier alpha value is -1.65. The van der Waals surface area contributed by atoms with Crippen LogP contribution in [0.25, 0.3) is 0 Å². The summed E-state index contributed by atoms with van der Waals surface area (Å²) in [5.41, 5.74) is 0.574. The number of aliphatic carboxylic acids is 1. The van der Waals surface area contributed by atoms with E-state index in [0.29, 0.717) is 15.5 Å². The first-order valence-electron chi connectivity index (χ1n) is 5.52. The van der Waals surface area contributed by atoms with Crippen LogP contribution >= 0.6 is 23.4 Å². The zero-order valence-electron chi connectivity index (χ0n) is 9.84. The predicted octanol–water partition coefficient (Wildman–Crippen LogP) is 3.82. The maximum atomic E-state index is 10.6. The molecular formula is C14H11ClO3S. The number of phenolic OH excluding ortho intramolecular Hbond substituents is 1. The van der Waals surface area contributed by atoms with Gasteiger partial charge in [0.1, 0.15) is 5.75 Å². The number of hydrogen-bond acceptors (Lipinski definition) is 3. The Kier molecular flexibility index (Phi) is 4.35. The smallest absolute Gasteiger partial charge is 0.307 e. The van der Waals surface area contributed by atoms with Crippen molar-refractivity contribution in [1.82, 2.24) is 0 Å². The third-order valence-corrected chi connectivity index (χ3v) is 3.75. The van der Waals surface area contributed by atoms with Gasteiger partial charge in [-0.3, -0.25) is 4.79 Å². The second-order valence-electron chi connectivity index (χ2n) is 3.93. The Labute approximate surface area is 119 Å². The van der Waals surface area contributed by atoms with Crippen molar-refractivity contribution in [2.75, 3.05) is 0 Å². The van der Waals surface area contributed by atoms with Crippen molar-refractivity contribution in [3.05, 3.63) is 53.1 Å². The average Bonchev–Trinajstić information content (AvgIpc) is 2.34. The van der Waals surface area contributed by atoms with E-state index in [1.54, 1.807) is 24.3 Å². The van der Waals surface area contributed by atoms with Gasteiger partial charge in [0.25, 0.3) is 0 Å². The Morgan fingerprint density at radius 3 is 2.42 bits per heavy atom. The Morgan fingerprint density at radius 1 is 1.16 bits per heavy atom. The molecule has 0 atom stereocenters. The monoisotopic (exact) mass is 294 g/mol. The van der Waals surface area contributed by atoms with E-state index in [1.165, 1.54) is 17.8 Å². The Balaban J connectivity index is 2.17. The minimum absolute atomic E-state index is 0.0821. The molecule has 19 heavy (non-hydrogen) atoms. The van der Waals surface area contributed by atoms with E-state index >= 15 is 0 Å². The van der Waals surface area contributed by atoms with Crippen LogP contribution in [0.15, 0.2) is 52.3 Å². The van der Waals surface area contributed by atoms with Gasteiger partial charge in [-0.05, 0) is 42.0 Å². The maximum Gasteiger partial charge on any atom is 0.307 e. The van der Waals surface area contributed by atoms with E-state index in [0.717, 1.165) is 4.90 Å². The van der Waals surface area contributed by atoms with Crippen LogP contribution < -0.4 is 0 Å². The molecule has 0 spiro atoms. The molecule has 2 N–H and O–H groups in total. The van der Waals surface area contributed by atoms with Crippen LogP contribution in [0.5, 0.6) is 5.75 Å². The molecule has 0 saturated carbocycles. The van der Waals surface area contributed by atoms with Gasteiger partial charge >= 0.3 is 5.97 Å². The molecule has 0 aliphatic heterocycles. The van der Waals surface area contributed by atoms with Crippen molar-refractivity contribution in [3.63, 3.8) is 0 Å². The van der Waals surface area contributed by atoms with Crippen molar-refractivity contribution in [2.24, 2.45) is 0 Å². The first-order valence-corrected chi connectivity index (χ1v) is 6.71. The molecule has 0 saturated heterocycles. The van der Waals surface area contributed by atoms with Gasteiger partial charge < -0.3 is 10.2 Å². The van der Waals surface area contributed by atoms with Gasteiger partial charge in [0.15, 0.2) is 0 Å². The van der Waals surface area contributed by atoms with Crippen molar-refractivity contribution in [1.29, 1.82) is 0 Å². The highest BCUT2D eigenvalue weighted by Gasteiger charge is 2.07. The summed E-state index contributed by atoms with van der Waals surface area (Å²) in [6.45, 7) is 0. The van der Waals surface area contributed by atoms with E-state index in [4.69, 9.17) is 16.7 Å². The fraction of sp³-hybridized carbons (Fsp3) is 0.0714. The molecule has 0 fully saturated rings. The topological polar surface area (TPSA) is 57.5 Å². The SMILES string of the molecule is O=C(O)Cc1ccc(Sc2ccc(Cl)cc2)c(O)c1. The fourth-order valence-corrected chi connectivity index (χ4v) is 2.52. The zero-order valence-corrected chi connectivity index (χ0v) is 11.4. The number of carboxylic acid groups (broad SMARTS) is 1. The highest BCUT2D eigenvalue weighted by Crippen LogP contribution is 2.35. The molecule has 2 aromatic rings. The average molecular weight is 295 g/mol. The number of phenols is 1. The lowest BCUT2D eigenvalue weighted by molar-refractivity contribution is -0.136. The van der Waals surface area contributed by atoms with Crippen LogP contribution in [0, 0.1) is 0 Å². The third kappa shape index (κ3) is 3.91. The summed E-state index contributed by atoms with van der Waals surface area (Å²) in [6.07, 6.45) is -0.0978. The molecule has 0 bridgehead atoms. The van der Waals surface area contributed by atoms with Crippen molar-refractivity contribution in [2.45, 2.75) is 16.2 Å². The lowest BCUT2D eigenvalue weighted by Crippen LogP contribution is -1.99. The highest BCUT2D eigenvalue weighted by atomic mass is 35.5. The molecular weight excluding hydrogens is 284 g/mol. The number of carboxylic acids is 1. The number of hydrogen-bond donors (Lipinski definition) is 2. The number of halogens is 1.